The number of halogens is 2. The molecule has 2 aromatic carbocycles. The molecule has 3 aromatic rings. The molecule has 0 unspecified atom stereocenters. The zero-order chi connectivity index (χ0) is 23.1. The summed E-state index contributed by atoms with van der Waals surface area (Å²) in [7, 11) is 3.26. The first-order valence-corrected chi connectivity index (χ1v) is 10.9. The Hall–Kier alpha value is -2.96. The zero-order valence-corrected chi connectivity index (χ0v) is 19.5. The topological polar surface area (TPSA) is 72.4 Å². The van der Waals surface area contributed by atoms with Gasteiger partial charge in [0.2, 0.25) is 0 Å². The first-order chi connectivity index (χ1) is 15.4. The van der Waals surface area contributed by atoms with E-state index in [2.05, 4.69) is 10.6 Å². The number of aryl methyl sites for hydroxylation is 2. The van der Waals surface area contributed by atoms with Crippen LogP contribution in [0.3, 0.4) is 0 Å². The van der Waals surface area contributed by atoms with E-state index in [1.54, 1.807) is 32.5 Å². The number of nitrogens with zero attached hydrogens (tertiary/aromatic N) is 1. The molecular weight excluding hydrogens is 449 g/mol. The predicted octanol–water partition coefficient (Wildman–Crippen LogP) is 4.68. The maximum atomic E-state index is 12.8. The molecule has 0 aliphatic rings. The van der Waals surface area contributed by atoms with Gasteiger partial charge >= 0.3 is 0 Å². The van der Waals surface area contributed by atoms with Crippen molar-refractivity contribution >= 4 is 34.8 Å². The van der Waals surface area contributed by atoms with Gasteiger partial charge in [-0.1, -0.05) is 41.4 Å². The van der Waals surface area contributed by atoms with E-state index in [0.717, 1.165) is 29.7 Å². The molecule has 0 aliphatic heterocycles. The SMILES string of the molecule is COc1ccc(CNc2c(C(=O)NCCCc3ccc(Cl)c(Cl)c3)ccn(C)c2=O)cc1. The van der Waals surface area contributed by atoms with Gasteiger partial charge in [-0.05, 0) is 54.3 Å². The van der Waals surface area contributed by atoms with Gasteiger partial charge < -0.3 is 19.9 Å². The fourth-order valence-electron chi connectivity index (χ4n) is 3.21. The lowest BCUT2D eigenvalue weighted by atomic mass is 10.1. The lowest BCUT2D eigenvalue weighted by Crippen LogP contribution is -2.30. The van der Waals surface area contributed by atoms with Crippen LogP contribution in [0.2, 0.25) is 10.0 Å². The molecule has 1 amide bonds. The second-order valence-corrected chi connectivity index (χ2v) is 8.14. The number of amides is 1. The van der Waals surface area contributed by atoms with Gasteiger partial charge in [0, 0.05) is 26.3 Å². The van der Waals surface area contributed by atoms with Crippen LogP contribution in [0, 0.1) is 0 Å². The summed E-state index contributed by atoms with van der Waals surface area (Å²) in [6, 6.07) is 14.7. The summed E-state index contributed by atoms with van der Waals surface area (Å²) in [5.74, 6) is 0.458. The van der Waals surface area contributed by atoms with Gasteiger partial charge in [0.25, 0.3) is 11.5 Å². The monoisotopic (exact) mass is 473 g/mol. The van der Waals surface area contributed by atoms with Crippen molar-refractivity contribution in [3.63, 3.8) is 0 Å². The summed E-state index contributed by atoms with van der Waals surface area (Å²) in [4.78, 5) is 25.4. The molecule has 0 saturated heterocycles. The molecule has 0 aliphatic carbocycles. The van der Waals surface area contributed by atoms with Crippen LogP contribution in [0.1, 0.15) is 27.9 Å². The van der Waals surface area contributed by atoms with Crippen molar-refractivity contribution in [2.75, 3.05) is 19.0 Å². The Balaban J connectivity index is 1.62. The summed E-state index contributed by atoms with van der Waals surface area (Å²) in [6.45, 7) is 0.868. The number of benzene rings is 2. The Kier molecular flexibility index (Phi) is 8.20. The van der Waals surface area contributed by atoms with Gasteiger partial charge in [-0.25, -0.2) is 0 Å². The maximum absolute atomic E-state index is 12.8. The number of nitrogens with one attached hydrogen (secondary N) is 2. The number of ether oxygens (including phenoxy) is 1. The molecule has 0 atom stereocenters. The van der Waals surface area contributed by atoms with Crippen LogP contribution >= 0.6 is 23.2 Å². The Morgan fingerprint density at radius 2 is 1.75 bits per heavy atom. The number of aromatic nitrogens is 1. The second kappa shape index (κ2) is 11.1. The second-order valence-electron chi connectivity index (χ2n) is 7.33. The van der Waals surface area contributed by atoms with Crippen molar-refractivity contribution < 1.29 is 9.53 Å². The number of pyridine rings is 1. The van der Waals surface area contributed by atoms with Gasteiger partial charge in [-0.15, -0.1) is 0 Å². The fourth-order valence-corrected chi connectivity index (χ4v) is 3.53. The van der Waals surface area contributed by atoms with Crippen LogP contribution in [0.25, 0.3) is 0 Å². The maximum Gasteiger partial charge on any atom is 0.274 e. The molecule has 0 spiro atoms. The average molecular weight is 474 g/mol. The highest BCUT2D eigenvalue weighted by Crippen LogP contribution is 2.23. The Labute approximate surface area is 197 Å². The third kappa shape index (κ3) is 6.05. The first-order valence-electron chi connectivity index (χ1n) is 10.2. The average Bonchev–Trinajstić information content (AvgIpc) is 2.80. The lowest BCUT2D eigenvalue weighted by molar-refractivity contribution is 0.0953. The van der Waals surface area contributed by atoms with Crippen LogP contribution in [0.15, 0.2) is 59.5 Å². The minimum absolute atomic E-state index is 0.262. The van der Waals surface area contributed by atoms with E-state index in [0.29, 0.717) is 28.7 Å². The summed E-state index contributed by atoms with van der Waals surface area (Å²) < 4.78 is 6.61. The molecule has 0 saturated carbocycles. The van der Waals surface area contributed by atoms with E-state index in [-0.39, 0.29) is 17.2 Å². The largest absolute Gasteiger partial charge is 0.497 e. The quantitative estimate of drug-likeness (QED) is 0.442. The minimum Gasteiger partial charge on any atom is -0.497 e. The van der Waals surface area contributed by atoms with Gasteiger partial charge in [-0.3, -0.25) is 9.59 Å². The zero-order valence-electron chi connectivity index (χ0n) is 18.0. The Morgan fingerprint density at radius 1 is 1.03 bits per heavy atom. The number of hydrogen-bond acceptors (Lipinski definition) is 4. The third-order valence-electron chi connectivity index (χ3n) is 5.05. The third-order valence-corrected chi connectivity index (χ3v) is 5.79. The van der Waals surface area contributed by atoms with Crippen LogP contribution in [0.4, 0.5) is 5.69 Å². The van der Waals surface area contributed by atoms with E-state index in [1.165, 1.54) is 4.57 Å². The summed E-state index contributed by atoms with van der Waals surface area (Å²) in [5, 5.41) is 7.05. The first kappa shape index (κ1) is 23.7. The van der Waals surface area contributed by atoms with Crippen molar-refractivity contribution in [1.29, 1.82) is 0 Å². The van der Waals surface area contributed by atoms with Crippen LogP contribution < -0.4 is 20.9 Å². The highest BCUT2D eigenvalue weighted by molar-refractivity contribution is 6.42. The number of anilines is 1. The molecule has 32 heavy (non-hydrogen) atoms. The molecule has 8 heteroatoms. The molecule has 0 radical (unpaired) electrons. The van der Waals surface area contributed by atoms with Crippen LogP contribution in [0.5, 0.6) is 5.75 Å². The molecule has 6 nitrogen and oxygen atoms in total. The Bertz CT molecular complexity index is 1140. The highest BCUT2D eigenvalue weighted by Gasteiger charge is 2.15. The summed E-state index contributed by atoms with van der Waals surface area (Å²) in [5.41, 5.74) is 2.33. The molecular formula is C24H25Cl2N3O3. The van der Waals surface area contributed by atoms with Gasteiger partial charge in [0.1, 0.15) is 11.4 Å². The molecule has 2 N–H and O–H groups in total. The van der Waals surface area contributed by atoms with Crippen molar-refractivity contribution in [2.45, 2.75) is 19.4 Å². The predicted molar refractivity (Wildman–Crippen MR) is 129 cm³/mol. The number of hydrogen-bond donors (Lipinski definition) is 2. The van der Waals surface area contributed by atoms with E-state index in [4.69, 9.17) is 27.9 Å². The highest BCUT2D eigenvalue weighted by atomic mass is 35.5. The van der Waals surface area contributed by atoms with Gasteiger partial charge in [0.15, 0.2) is 0 Å². The normalized spacial score (nSPS) is 10.6. The van der Waals surface area contributed by atoms with E-state index < -0.39 is 0 Å². The van der Waals surface area contributed by atoms with Crippen molar-refractivity contribution in [3.8, 4) is 5.75 Å². The van der Waals surface area contributed by atoms with Crippen molar-refractivity contribution in [3.05, 3.63) is 91.8 Å². The van der Waals surface area contributed by atoms with Crippen LogP contribution in [-0.2, 0) is 20.0 Å². The lowest BCUT2D eigenvalue weighted by Gasteiger charge is -2.13. The molecule has 0 bridgehead atoms. The van der Waals surface area contributed by atoms with E-state index in [9.17, 15) is 9.59 Å². The van der Waals surface area contributed by atoms with E-state index >= 15 is 0 Å². The van der Waals surface area contributed by atoms with Crippen LogP contribution in [-0.4, -0.2) is 24.1 Å². The molecule has 1 heterocycles. The number of methoxy groups -OCH3 is 1. The molecule has 3 rings (SSSR count). The summed E-state index contributed by atoms with van der Waals surface area (Å²) in [6.07, 6.45) is 3.06. The number of rotatable bonds is 9. The van der Waals surface area contributed by atoms with Gasteiger partial charge in [0.05, 0.1) is 22.7 Å². The minimum atomic E-state index is -0.297. The van der Waals surface area contributed by atoms with E-state index in [1.807, 2.05) is 36.4 Å². The van der Waals surface area contributed by atoms with Crippen molar-refractivity contribution in [1.82, 2.24) is 9.88 Å². The smallest absolute Gasteiger partial charge is 0.274 e. The number of carbonyl (C=O) groups excluding carboxylic acids is 1. The van der Waals surface area contributed by atoms with Gasteiger partial charge in [-0.2, -0.15) is 0 Å². The Morgan fingerprint density at radius 3 is 2.44 bits per heavy atom. The number of carbonyl (C=O) groups is 1. The molecule has 0 fully saturated rings. The molecule has 1 aromatic heterocycles. The summed E-state index contributed by atoms with van der Waals surface area (Å²) >= 11 is 12.0. The molecule has 168 valence electrons. The standard InChI is InChI=1S/C24H25Cl2N3O3/c1-29-13-11-19(22(24(29)31)28-15-17-5-8-18(32-2)9-6-17)23(30)27-12-3-4-16-7-10-20(25)21(26)14-16/h5-11,13-14,28H,3-4,12,15H2,1-2H3,(H,27,30). The fraction of sp³-hybridized carbons (Fsp3) is 0.250. The van der Waals surface area contributed by atoms with Crippen molar-refractivity contribution in [2.24, 2.45) is 7.05 Å².